The number of carbonyl (C=O) groups is 1. The first kappa shape index (κ1) is 16.1. The molecule has 100 valence electrons. The minimum absolute atomic E-state index is 0.308. The summed E-state index contributed by atoms with van der Waals surface area (Å²) in [5, 5.41) is 12.9. The monoisotopic (exact) mass is 245 g/mol. The van der Waals surface area contributed by atoms with Crippen LogP contribution in [0.5, 0.6) is 0 Å². The van der Waals surface area contributed by atoms with Crippen molar-refractivity contribution in [2.75, 3.05) is 33.4 Å². The lowest BCUT2D eigenvalue weighted by Gasteiger charge is -2.23. The Morgan fingerprint density at radius 2 is 2.18 bits per heavy atom. The fraction of sp³-hybridized carbons (Fsp3) is 0.750. The number of rotatable bonds is 9. The first-order valence-electron chi connectivity index (χ1n) is 5.70. The molecule has 0 spiro atoms. The molecule has 17 heavy (non-hydrogen) atoms. The molecular weight excluding hydrogens is 222 g/mol. The van der Waals surface area contributed by atoms with Crippen LogP contribution < -0.4 is 5.32 Å². The minimum Gasteiger partial charge on any atom is -0.463 e. The molecule has 0 saturated carbocycles. The van der Waals surface area contributed by atoms with E-state index in [4.69, 9.17) is 9.47 Å². The molecule has 0 heterocycles. The second-order valence-corrected chi connectivity index (χ2v) is 4.17. The minimum atomic E-state index is -0.856. The Balaban J connectivity index is 3.82. The second kappa shape index (κ2) is 8.22. The van der Waals surface area contributed by atoms with Crippen molar-refractivity contribution in [3.63, 3.8) is 0 Å². The lowest BCUT2D eigenvalue weighted by Crippen LogP contribution is -2.39. The number of nitrogens with one attached hydrogen (secondary N) is 1. The van der Waals surface area contributed by atoms with E-state index in [2.05, 4.69) is 11.9 Å². The van der Waals surface area contributed by atoms with Crippen molar-refractivity contribution < 1.29 is 19.4 Å². The lowest BCUT2D eigenvalue weighted by atomic mass is 10.0. The van der Waals surface area contributed by atoms with Crippen molar-refractivity contribution in [3.8, 4) is 0 Å². The number of carbonyl (C=O) groups excluding carboxylic acids is 1. The molecule has 1 atom stereocenters. The van der Waals surface area contributed by atoms with Crippen LogP contribution in [0.4, 0.5) is 0 Å². The highest BCUT2D eigenvalue weighted by atomic mass is 16.5. The molecule has 0 aliphatic heterocycles. The SMILES string of the molecule is C=C(CNCC(C)(O)CCOC)C(=O)OCC. The molecule has 0 saturated heterocycles. The first-order chi connectivity index (χ1) is 7.93. The summed E-state index contributed by atoms with van der Waals surface area (Å²) in [7, 11) is 1.59. The molecule has 0 bridgehead atoms. The van der Waals surface area contributed by atoms with Crippen molar-refractivity contribution in [2.45, 2.75) is 25.9 Å². The zero-order valence-electron chi connectivity index (χ0n) is 10.9. The largest absolute Gasteiger partial charge is 0.463 e. The van der Waals surface area contributed by atoms with Gasteiger partial charge in [-0.05, 0) is 13.8 Å². The fourth-order valence-corrected chi connectivity index (χ4v) is 1.20. The number of esters is 1. The first-order valence-corrected chi connectivity index (χ1v) is 5.70. The highest BCUT2D eigenvalue weighted by Gasteiger charge is 2.19. The molecule has 0 fully saturated rings. The topological polar surface area (TPSA) is 67.8 Å². The third kappa shape index (κ3) is 7.90. The molecule has 0 aliphatic rings. The third-order valence-electron chi connectivity index (χ3n) is 2.25. The van der Waals surface area contributed by atoms with E-state index in [-0.39, 0.29) is 0 Å². The van der Waals surface area contributed by atoms with Gasteiger partial charge in [-0.1, -0.05) is 6.58 Å². The number of hydrogen-bond acceptors (Lipinski definition) is 5. The smallest absolute Gasteiger partial charge is 0.334 e. The van der Waals surface area contributed by atoms with E-state index in [0.29, 0.717) is 38.3 Å². The average Bonchev–Trinajstić information content (AvgIpc) is 2.26. The summed E-state index contributed by atoms with van der Waals surface area (Å²) in [6, 6.07) is 0. The predicted molar refractivity (Wildman–Crippen MR) is 65.8 cm³/mol. The Kier molecular flexibility index (Phi) is 7.78. The molecule has 0 aromatic carbocycles. The number of hydrogen-bond donors (Lipinski definition) is 2. The Morgan fingerprint density at radius 3 is 2.71 bits per heavy atom. The van der Waals surface area contributed by atoms with Crippen LogP contribution in [0.25, 0.3) is 0 Å². The van der Waals surface area contributed by atoms with E-state index in [0.717, 1.165) is 0 Å². The summed E-state index contributed by atoms with van der Waals surface area (Å²) >= 11 is 0. The lowest BCUT2D eigenvalue weighted by molar-refractivity contribution is -0.138. The Labute approximate surface area is 103 Å². The van der Waals surface area contributed by atoms with E-state index < -0.39 is 11.6 Å². The van der Waals surface area contributed by atoms with Gasteiger partial charge in [-0.25, -0.2) is 4.79 Å². The van der Waals surface area contributed by atoms with Crippen LogP contribution in [0.15, 0.2) is 12.2 Å². The van der Waals surface area contributed by atoms with E-state index in [1.807, 2.05) is 0 Å². The molecule has 0 aliphatic carbocycles. The highest BCUT2D eigenvalue weighted by molar-refractivity contribution is 5.88. The standard InChI is InChI=1S/C12H23NO4/c1-5-17-11(14)10(2)8-13-9-12(3,15)6-7-16-4/h13,15H,2,5-9H2,1,3-4H3. The molecule has 0 amide bonds. The highest BCUT2D eigenvalue weighted by Crippen LogP contribution is 2.07. The van der Waals surface area contributed by atoms with E-state index in [9.17, 15) is 9.90 Å². The van der Waals surface area contributed by atoms with Crippen molar-refractivity contribution in [3.05, 3.63) is 12.2 Å². The molecule has 0 radical (unpaired) electrons. The van der Waals surface area contributed by atoms with Crippen LogP contribution in [-0.4, -0.2) is 50.1 Å². The zero-order chi connectivity index (χ0) is 13.3. The summed E-state index contributed by atoms with van der Waals surface area (Å²) in [5.74, 6) is -0.406. The van der Waals surface area contributed by atoms with Crippen molar-refractivity contribution >= 4 is 5.97 Å². The second-order valence-electron chi connectivity index (χ2n) is 4.17. The molecule has 0 aromatic heterocycles. The van der Waals surface area contributed by atoms with E-state index >= 15 is 0 Å². The van der Waals surface area contributed by atoms with Crippen molar-refractivity contribution in [2.24, 2.45) is 0 Å². The summed E-state index contributed by atoms with van der Waals surface area (Å²) in [4.78, 5) is 11.2. The van der Waals surface area contributed by atoms with Crippen molar-refractivity contribution in [1.29, 1.82) is 0 Å². The van der Waals surface area contributed by atoms with Gasteiger partial charge in [-0.15, -0.1) is 0 Å². The third-order valence-corrected chi connectivity index (χ3v) is 2.25. The summed E-state index contributed by atoms with van der Waals surface area (Å²) in [6.45, 7) is 8.58. The number of aliphatic hydroxyl groups is 1. The number of ether oxygens (including phenoxy) is 2. The van der Waals surface area contributed by atoms with E-state index in [1.54, 1.807) is 21.0 Å². The Hall–Kier alpha value is -0.910. The average molecular weight is 245 g/mol. The maximum absolute atomic E-state index is 11.2. The quantitative estimate of drug-likeness (QED) is 0.457. The van der Waals surface area contributed by atoms with Gasteiger partial charge in [0, 0.05) is 38.8 Å². The van der Waals surface area contributed by atoms with Gasteiger partial charge in [0.15, 0.2) is 0 Å². The van der Waals surface area contributed by atoms with Gasteiger partial charge in [0.05, 0.1) is 12.2 Å². The van der Waals surface area contributed by atoms with Crippen LogP contribution in [0.2, 0.25) is 0 Å². The van der Waals surface area contributed by atoms with Gasteiger partial charge >= 0.3 is 5.97 Å². The maximum Gasteiger partial charge on any atom is 0.334 e. The molecular formula is C12H23NO4. The van der Waals surface area contributed by atoms with Gasteiger partial charge in [0.2, 0.25) is 0 Å². The summed E-state index contributed by atoms with van der Waals surface area (Å²) in [5.41, 5.74) is -0.500. The number of methoxy groups -OCH3 is 1. The summed E-state index contributed by atoms with van der Waals surface area (Å²) in [6.07, 6.45) is 0.530. The Bertz CT molecular complexity index is 251. The molecule has 5 heteroatoms. The molecule has 1 unspecified atom stereocenters. The summed E-state index contributed by atoms with van der Waals surface area (Å²) < 4.78 is 9.69. The molecule has 2 N–H and O–H groups in total. The van der Waals surface area contributed by atoms with Gasteiger partial charge in [-0.3, -0.25) is 0 Å². The molecule has 0 aromatic rings. The maximum atomic E-state index is 11.2. The van der Waals surface area contributed by atoms with Gasteiger partial charge in [0.25, 0.3) is 0 Å². The Morgan fingerprint density at radius 1 is 1.53 bits per heavy atom. The van der Waals surface area contributed by atoms with E-state index in [1.165, 1.54) is 0 Å². The van der Waals surface area contributed by atoms with Gasteiger partial charge in [0.1, 0.15) is 0 Å². The van der Waals surface area contributed by atoms with Gasteiger partial charge < -0.3 is 19.9 Å². The predicted octanol–water partition coefficient (Wildman–Crippen LogP) is 0.483. The van der Waals surface area contributed by atoms with Crippen LogP contribution in [0, 0.1) is 0 Å². The molecule has 5 nitrogen and oxygen atoms in total. The van der Waals surface area contributed by atoms with Crippen LogP contribution in [0.1, 0.15) is 20.3 Å². The normalized spacial score (nSPS) is 14.1. The van der Waals surface area contributed by atoms with Crippen LogP contribution in [0.3, 0.4) is 0 Å². The fourth-order valence-electron chi connectivity index (χ4n) is 1.20. The van der Waals surface area contributed by atoms with Crippen molar-refractivity contribution in [1.82, 2.24) is 5.32 Å². The van der Waals surface area contributed by atoms with Crippen LogP contribution >= 0.6 is 0 Å². The van der Waals surface area contributed by atoms with Gasteiger partial charge in [-0.2, -0.15) is 0 Å². The zero-order valence-corrected chi connectivity index (χ0v) is 10.9. The van der Waals surface area contributed by atoms with Crippen LogP contribution in [-0.2, 0) is 14.3 Å². The molecule has 0 rings (SSSR count).